The molecule has 1 aliphatic rings. The lowest BCUT2D eigenvalue weighted by atomic mass is 9.97. The van der Waals surface area contributed by atoms with Crippen molar-refractivity contribution in [2.24, 2.45) is 0 Å². The highest BCUT2D eigenvalue weighted by Crippen LogP contribution is 2.38. The Hall–Kier alpha value is -1.61. The molecule has 0 aliphatic heterocycles. The molecule has 0 amide bonds. The third-order valence-corrected chi connectivity index (χ3v) is 4.55. The maximum absolute atomic E-state index is 4.56. The third kappa shape index (κ3) is 2.51. The van der Waals surface area contributed by atoms with Crippen LogP contribution in [0, 0.1) is 6.92 Å². The minimum absolute atomic E-state index is 0.524. The van der Waals surface area contributed by atoms with Gasteiger partial charge in [0.2, 0.25) is 0 Å². The van der Waals surface area contributed by atoms with Crippen molar-refractivity contribution in [3.05, 3.63) is 41.2 Å². The Bertz CT molecular complexity index is 627. The van der Waals surface area contributed by atoms with Crippen molar-refractivity contribution in [2.45, 2.75) is 52.6 Å². The van der Waals surface area contributed by atoms with Crippen molar-refractivity contribution in [1.82, 2.24) is 15.1 Å². The molecular formula is C18H25N3. The number of hydrogen-bond donors (Lipinski definition) is 1. The van der Waals surface area contributed by atoms with Crippen LogP contribution in [0.1, 0.15) is 49.6 Å². The van der Waals surface area contributed by atoms with Crippen molar-refractivity contribution in [1.29, 1.82) is 0 Å². The Morgan fingerprint density at radius 1 is 1.29 bits per heavy atom. The molecule has 1 atom stereocenters. The highest BCUT2D eigenvalue weighted by atomic mass is 15.3. The van der Waals surface area contributed by atoms with E-state index in [1.54, 1.807) is 0 Å². The van der Waals surface area contributed by atoms with E-state index in [1.807, 2.05) is 6.20 Å². The molecule has 1 aromatic carbocycles. The summed E-state index contributed by atoms with van der Waals surface area (Å²) in [7, 11) is 0. The van der Waals surface area contributed by atoms with Crippen molar-refractivity contribution in [2.75, 3.05) is 6.54 Å². The zero-order chi connectivity index (χ0) is 14.8. The number of benzene rings is 1. The van der Waals surface area contributed by atoms with E-state index in [2.05, 4.69) is 54.1 Å². The molecule has 3 rings (SSSR count). The fourth-order valence-corrected chi connectivity index (χ4v) is 3.51. The van der Waals surface area contributed by atoms with E-state index in [0.29, 0.717) is 6.04 Å². The van der Waals surface area contributed by atoms with Crippen LogP contribution in [-0.4, -0.2) is 16.3 Å². The quantitative estimate of drug-likeness (QED) is 0.903. The van der Waals surface area contributed by atoms with Gasteiger partial charge in [0.15, 0.2) is 0 Å². The molecule has 3 heteroatoms. The predicted molar refractivity (Wildman–Crippen MR) is 87.4 cm³/mol. The smallest absolute Gasteiger partial charge is 0.0571 e. The Balaban J connectivity index is 2.01. The van der Waals surface area contributed by atoms with Crippen LogP contribution in [0.25, 0.3) is 11.1 Å². The van der Waals surface area contributed by atoms with E-state index in [0.717, 1.165) is 19.5 Å². The zero-order valence-corrected chi connectivity index (χ0v) is 13.3. The van der Waals surface area contributed by atoms with Crippen LogP contribution < -0.4 is 5.32 Å². The van der Waals surface area contributed by atoms with Gasteiger partial charge in [0.25, 0.3) is 0 Å². The van der Waals surface area contributed by atoms with Gasteiger partial charge < -0.3 is 5.32 Å². The summed E-state index contributed by atoms with van der Waals surface area (Å²) in [5.74, 6) is 0. The molecule has 0 spiro atoms. The average molecular weight is 283 g/mol. The van der Waals surface area contributed by atoms with Gasteiger partial charge in [-0.15, -0.1) is 0 Å². The topological polar surface area (TPSA) is 29.9 Å². The molecule has 1 aliphatic carbocycles. The van der Waals surface area contributed by atoms with Crippen LogP contribution in [0.3, 0.4) is 0 Å². The normalized spacial score (nSPS) is 17.2. The van der Waals surface area contributed by atoms with Gasteiger partial charge in [-0.1, -0.05) is 32.0 Å². The maximum atomic E-state index is 4.56. The second-order valence-corrected chi connectivity index (χ2v) is 5.89. The molecule has 21 heavy (non-hydrogen) atoms. The fourth-order valence-electron chi connectivity index (χ4n) is 3.51. The molecule has 112 valence electrons. The standard InChI is InChI=1S/C18H25N3/c1-4-11-21-13(3)17(12-20-21)14-7-6-8-16-15(14)9-10-18(16)19-5-2/h6-8,12,18-19H,4-5,9-11H2,1-3H3. The molecule has 0 bridgehead atoms. The fraction of sp³-hybridized carbons (Fsp3) is 0.500. The highest BCUT2D eigenvalue weighted by molar-refractivity contribution is 5.71. The first-order valence-corrected chi connectivity index (χ1v) is 8.14. The van der Waals surface area contributed by atoms with E-state index in [9.17, 15) is 0 Å². The van der Waals surface area contributed by atoms with Gasteiger partial charge in [-0.25, -0.2) is 0 Å². The molecule has 0 saturated heterocycles. The van der Waals surface area contributed by atoms with Crippen molar-refractivity contribution >= 4 is 0 Å². The summed E-state index contributed by atoms with van der Waals surface area (Å²) < 4.78 is 2.13. The van der Waals surface area contributed by atoms with Gasteiger partial charge in [0.05, 0.1) is 6.20 Å². The summed E-state index contributed by atoms with van der Waals surface area (Å²) in [5, 5.41) is 8.16. The van der Waals surface area contributed by atoms with Gasteiger partial charge >= 0.3 is 0 Å². The third-order valence-electron chi connectivity index (χ3n) is 4.55. The van der Waals surface area contributed by atoms with E-state index in [1.165, 1.54) is 40.8 Å². The Morgan fingerprint density at radius 2 is 2.14 bits per heavy atom. The van der Waals surface area contributed by atoms with E-state index in [-0.39, 0.29) is 0 Å². The second kappa shape index (κ2) is 6.02. The predicted octanol–water partition coefficient (Wildman–Crippen LogP) is 3.87. The number of aryl methyl sites for hydroxylation is 1. The number of hydrogen-bond acceptors (Lipinski definition) is 2. The molecule has 1 N–H and O–H groups in total. The lowest BCUT2D eigenvalue weighted by Gasteiger charge is -2.13. The van der Waals surface area contributed by atoms with Crippen LogP contribution in [0.15, 0.2) is 24.4 Å². The van der Waals surface area contributed by atoms with Gasteiger partial charge in [0.1, 0.15) is 0 Å². The van der Waals surface area contributed by atoms with Gasteiger partial charge in [-0.3, -0.25) is 4.68 Å². The van der Waals surface area contributed by atoms with E-state index >= 15 is 0 Å². The monoisotopic (exact) mass is 283 g/mol. The lowest BCUT2D eigenvalue weighted by Crippen LogP contribution is -2.18. The number of nitrogens with zero attached hydrogens (tertiary/aromatic N) is 2. The SMILES string of the molecule is CCCn1ncc(-c2cccc3c2CCC3NCC)c1C. The van der Waals surface area contributed by atoms with Crippen molar-refractivity contribution in [3.8, 4) is 11.1 Å². The summed E-state index contributed by atoms with van der Waals surface area (Å²) in [6.07, 6.45) is 5.54. The Morgan fingerprint density at radius 3 is 2.90 bits per heavy atom. The number of fused-ring (bicyclic) bond motifs is 1. The summed E-state index contributed by atoms with van der Waals surface area (Å²) in [4.78, 5) is 0. The summed E-state index contributed by atoms with van der Waals surface area (Å²) >= 11 is 0. The molecule has 2 aromatic rings. The number of aromatic nitrogens is 2. The first-order chi connectivity index (χ1) is 10.3. The molecular weight excluding hydrogens is 258 g/mol. The van der Waals surface area contributed by atoms with Crippen LogP contribution in [0.5, 0.6) is 0 Å². The largest absolute Gasteiger partial charge is 0.310 e. The highest BCUT2D eigenvalue weighted by Gasteiger charge is 2.25. The number of rotatable bonds is 5. The molecule has 0 radical (unpaired) electrons. The van der Waals surface area contributed by atoms with Crippen LogP contribution >= 0.6 is 0 Å². The lowest BCUT2D eigenvalue weighted by molar-refractivity contribution is 0.549. The van der Waals surface area contributed by atoms with Crippen LogP contribution in [-0.2, 0) is 13.0 Å². The first kappa shape index (κ1) is 14.3. The Kier molecular flexibility index (Phi) is 4.11. The van der Waals surface area contributed by atoms with Crippen molar-refractivity contribution < 1.29 is 0 Å². The Labute approximate surface area is 127 Å². The second-order valence-electron chi connectivity index (χ2n) is 5.89. The summed E-state index contributed by atoms with van der Waals surface area (Å²) in [5.41, 5.74) is 6.97. The summed E-state index contributed by atoms with van der Waals surface area (Å²) in [6.45, 7) is 8.60. The van der Waals surface area contributed by atoms with Crippen LogP contribution in [0.2, 0.25) is 0 Å². The molecule has 1 aromatic heterocycles. The van der Waals surface area contributed by atoms with Gasteiger partial charge in [0, 0.05) is 23.8 Å². The average Bonchev–Trinajstić information content (AvgIpc) is 3.05. The minimum Gasteiger partial charge on any atom is -0.310 e. The maximum Gasteiger partial charge on any atom is 0.0571 e. The van der Waals surface area contributed by atoms with Gasteiger partial charge in [-0.05, 0) is 49.4 Å². The van der Waals surface area contributed by atoms with E-state index in [4.69, 9.17) is 0 Å². The molecule has 1 heterocycles. The molecule has 1 unspecified atom stereocenters. The van der Waals surface area contributed by atoms with E-state index < -0.39 is 0 Å². The first-order valence-electron chi connectivity index (χ1n) is 8.14. The van der Waals surface area contributed by atoms with Crippen molar-refractivity contribution in [3.63, 3.8) is 0 Å². The molecule has 0 fully saturated rings. The zero-order valence-electron chi connectivity index (χ0n) is 13.3. The summed E-state index contributed by atoms with van der Waals surface area (Å²) in [6, 6.07) is 7.26. The molecule has 3 nitrogen and oxygen atoms in total. The van der Waals surface area contributed by atoms with Crippen LogP contribution in [0.4, 0.5) is 0 Å². The van der Waals surface area contributed by atoms with Gasteiger partial charge in [-0.2, -0.15) is 5.10 Å². The minimum atomic E-state index is 0.524. The molecule has 0 saturated carbocycles. The number of nitrogens with one attached hydrogen (secondary N) is 1.